The van der Waals surface area contributed by atoms with E-state index in [1.54, 1.807) is 18.3 Å². The summed E-state index contributed by atoms with van der Waals surface area (Å²) in [6.07, 6.45) is 0.225. The SMILES string of the molecule is CCOC(=O)Cc1csc(N(C)Cc2ccc(Cl)s2)n1. The smallest absolute Gasteiger partial charge is 0.311 e. The van der Waals surface area contributed by atoms with Crippen molar-refractivity contribution in [3.05, 3.63) is 32.4 Å². The largest absolute Gasteiger partial charge is 0.466 e. The fourth-order valence-electron chi connectivity index (χ4n) is 1.65. The Kier molecular flexibility index (Phi) is 5.39. The molecule has 2 aromatic rings. The molecule has 0 amide bonds. The first-order valence-corrected chi connectivity index (χ1v) is 8.21. The Morgan fingerprint density at radius 1 is 1.50 bits per heavy atom. The van der Waals surface area contributed by atoms with E-state index >= 15 is 0 Å². The van der Waals surface area contributed by atoms with Crippen LogP contribution in [0, 0.1) is 0 Å². The highest BCUT2D eigenvalue weighted by Gasteiger charge is 2.12. The van der Waals surface area contributed by atoms with Gasteiger partial charge in [0.15, 0.2) is 5.13 Å². The number of halogens is 1. The minimum Gasteiger partial charge on any atom is -0.466 e. The highest BCUT2D eigenvalue weighted by molar-refractivity contribution is 7.16. The number of carbonyl (C=O) groups excluding carboxylic acids is 1. The minimum atomic E-state index is -0.239. The molecular weight excluding hydrogens is 316 g/mol. The van der Waals surface area contributed by atoms with Gasteiger partial charge >= 0.3 is 5.97 Å². The number of thiazole rings is 1. The summed E-state index contributed by atoms with van der Waals surface area (Å²) in [7, 11) is 1.97. The molecule has 0 saturated heterocycles. The summed E-state index contributed by atoms with van der Waals surface area (Å²) < 4.78 is 5.70. The van der Waals surface area contributed by atoms with Gasteiger partial charge in [-0.1, -0.05) is 11.6 Å². The lowest BCUT2D eigenvalue weighted by Gasteiger charge is -2.14. The Hall–Kier alpha value is -1.11. The second-order valence-electron chi connectivity index (χ2n) is 4.17. The first kappa shape index (κ1) is 15.3. The molecule has 7 heteroatoms. The van der Waals surface area contributed by atoms with E-state index in [0.717, 1.165) is 21.7 Å². The topological polar surface area (TPSA) is 42.4 Å². The van der Waals surface area contributed by atoms with Gasteiger partial charge in [-0.3, -0.25) is 4.79 Å². The van der Waals surface area contributed by atoms with Crippen molar-refractivity contribution in [3.63, 3.8) is 0 Å². The number of hydrogen-bond acceptors (Lipinski definition) is 6. The van der Waals surface area contributed by atoms with Crippen molar-refractivity contribution in [2.45, 2.75) is 19.9 Å². The third-order valence-corrected chi connectivity index (χ3v) is 4.74. The van der Waals surface area contributed by atoms with Gasteiger partial charge in [0.2, 0.25) is 0 Å². The third-order valence-electron chi connectivity index (χ3n) is 2.52. The van der Waals surface area contributed by atoms with Crippen LogP contribution in [0.3, 0.4) is 0 Å². The second kappa shape index (κ2) is 7.06. The number of anilines is 1. The zero-order valence-electron chi connectivity index (χ0n) is 11.3. The van der Waals surface area contributed by atoms with E-state index in [-0.39, 0.29) is 12.4 Å². The van der Waals surface area contributed by atoms with Crippen LogP contribution < -0.4 is 4.90 Å². The highest BCUT2D eigenvalue weighted by Crippen LogP contribution is 2.26. The van der Waals surface area contributed by atoms with Gasteiger partial charge in [-0.2, -0.15) is 0 Å². The lowest BCUT2D eigenvalue weighted by atomic mass is 10.3. The lowest BCUT2D eigenvalue weighted by molar-refractivity contribution is -0.142. The lowest BCUT2D eigenvalue weighted by Crippen LogP contribution is -2.15. The molecule has 0 fully saturated rings. The van der Waals surface area contributed by atoms with Crippen molar-refractivity contribution in [2.75, 3.05) is 18.6 Å². The Bertz CT molecular complexity index is 582. The number of nitrogens with zero attached hydrogens (tertiary/aromatic N) is 2. The molecule has 0 saturated carbocycles. The molecular formula is C13H15ClN2O2S2. The fourth-order valence-corrected chi connectivity index (χ4v) is 3.58. The van der Waals surface area contributed by atoms with E-state index in [1.165, 1.54) is 16.2 Å². The summed E-state index contributed by atoms with van der Waals surface area (Å²) in [5.41, 5.74) is 0.750. The molecule has 2 rings (SSSR count). The van der Waals surface area contributed by atoms with Gasteiger partial charge in [-0.15, -0.1) is 22.7 Å². The van der Waals surface area contributed by atoms with Gasteiger partial charge in [0, 0.05) is 17.3 Å². The van der Waals surface area contributed by atoms with Gasteiger partial charge in [0.25, 0.3) is 0 Å². The second-order valence-corrected chi connectivity index (χ2v) is 6.80. The van der Waals surface area contributed by atoms with Crippen molar-refractivity contribution in [1.82, 2.24) is 4.98 Å². The fraction of sp³-hybridized carbons (Fsp3) is 0.385. The van der Waals surface area contributed by atoms with Crippen molar-refractivity contribution < 1.29 is 9.53 Å². The maximum absolute atomic E-state index is 11.4. The van der Waals surface area contributed by atoms with E-state index in [2.05, 4.69) is 4.98 Å². The van der Waals surface area contributed by atoms with Gasteiger partial charge in [0.05, 0.1) is 29.6 Å². The van der Waals surface area contributed by atoms with Crippen LogP contribution in [0.25, 0.3) is 0 Å². The summed E-state index contributed by atoms with van der Waals surface area (Å²) in [6, 6.07) is 3.90. The first-order chi connectivity index (χ1) is 9.58. The van der Waals surface area contributed by atoms with E-state index in [4.69, 9.17) is 16.3 Å². The summed E-state index contributed by atoms with van der Waals surface area (Å²) in [6.45, 7) is 2.95. The van der Waals surface area contributed by atoms with E-state index < -0.39 is 0 Å². The molecule has 20 heavy (non-hydrogen) atoms. The molecule has 0 spiro atoms. The van der Waals surface area contributed by atoms with Gasteiger partial charge in [-0.25, -0.2) is 4.98 Å². The Morgan fingerprint density at radius 3 is 2.95 bits per heavy atom. The number of esters is 1. The normalized spacial score (nSPS) is 10.6. The Labute approximate surface area is 131 Å². The highest BCUT2D eigenvalue weighted by atomic mass is 35.5. The molecule has 0 radical (unpaired) electrons. The standard InChI is InChI=1S/C13H15ClN2O2S2/c1-3-18-12(17)6-9-8-19-13(15-9)16(2)7-10-4-5-11(14)20-10/h4-5,8H,3,6-7H2,1-2H3. The number of carbonyl (C=O) groups is 1. The summed E-state index contributed by atoms with van der Waals surface area (Å²) in [5.74, 6) is -0.239. The maximum Gasteiger partial charge on any atom is 0.311 e. The molecule has 0 bridgehead atoms. The predicted octanol–water partition coefficient (Wildman–Crippen LogP) is 3.60. The summed E-state index contributed by atoms with van der Waals surface area (Å²) in [5, 5.41) is 2.78. The minimum absolute atomic E-state index is 0.225. The van der Waals surface area contributed by atoms with Gasteiger partial charge in [-0.05, 0) is 19.1 Å². The number of ether oxygens (including phenoxy) is 1. The van der Waals surface area contributed by atoms with Crippen molar-refractivity contribution in [2.24, 2.45) is 0 Å². The molecule has 108 valence electrons. The van der Waals surface area contributed by atoms with E-state index in [1.807, 2.05) is 29.5 Å². The van der Waals surface area contributed by atoms with Crippen LogP contribution >= 0.6 is 34.3 Å². The van der Waals surface area contributed by atoms with E-state index in [9.17, 15) is 4.79 Å². The van der Waals surface area contributed by atoms with Crippen LogP contribution in [0.2, 0.25) is 4.34 Å². The van der Waals surface area contributed by atoms with Crippen LogP contribution in [0.1, 0.15) is 17.5 Å². The molecule has 0 aliphatic rings. The first-order valence-electron chi connectivity index (χ1n) is 6.14. The van der Waals surface area contributed by atoms with Crippen molar-refractivity contribution in [1.29, 1.82) is 0 Å². The molecule has 2 aromatic heterocycles. The number of rotatable bonds is 6. The molecule has 0 aromatic carbocycles. The van der Waals surface area contributed by atoms with Crippen molar-refractivity contribution >= 4 is 45.4 Å². The average molecular weight is 331 g/mol. The molecule has 4 nitrogen and oxygen atoms in total. The molecule has 0 unspecified atom stereocenters. The molecule has 0 aliphatic heterocycles. The summed E-state index contributed by atoms with van der Waals surface area (Å²) in [4.78, 5) is 19.1. The van der Waals surface area contributed by atoms with Crippen LogP contribution in [0.4, 0.5) is 5.13 Å². The molecule has 0 atom stereocenters. The maximum atomic E-state index is 11.4. The van der Waals surface area contributed by atoms with E-state index in [0.29, 0.717) is 6.61 Å². The van der Waals surface area contributed by atoms with Crippen molar-refractivity contribution in [3.8, 4) is 0 Å². The number of hydrogen-bond donors (Lipinski definition) is 0. The van der Waals surface area contributed by atoms with Crippen LogP contribution in [0.15, 0.2) is 17.5 Å². The molecule has 2 heterocycles. The third kappa shape index (κ3) is 4.19. The zero-order chi connectivity index (χ0) is 14.5. The Balaban J connectivity index is 1.95. The van der Waals surface area contributed by atoms with Crippen LogP contribution in [-0.2, 0) is 22.5 Å². The molecule has 0 aliphatic carbocycles. The van der Waals surface area contributed by atoms with Gasteiger partial charge < -0.3 is 9.64 Å². The quantitative estimate of drug-likeness (QED) is 0.759. The van der Waals surface area contributed by atoms with Crippen LogP contribution in [0.5, 0.6) is 0 Å². The number of thiophene rings is 1. The van der Waals surface area contributed by atoms with Crippen LogP contribution in [-0.4, -0.2) is 24.6 Å². The summed E-state index contributed by atoms with van der Waals surface area (Å²) >= 11 is 9.00. The average Bonchev–Trinajstić information content (AvgIpc) is 2.99. The number of aromatic nitrogens is 1. The Morgan fingerprint density at radius 2 is 2.30 bits per heavy atom. The monoisotopic (exact) mass is 330 g/mol. The van der Waals surface area contributed by atoms with Gasteiger partial charge in [0.1, 0.15) is 0 Å². The predicted molar refractivity (Wildman–Crippen MR) is 83.9 cm³/mol. The molecule has 0 N–H and O–H groups in total. The zero-order valence-corrected chi connectivity index (χ0v) is 13.6.